The van der Waals surface area contributed by atoms with Crippen LogP contribution in [0.5, 0.6) is 0 Å². The van der Waals surface area contributed by atoms with Gasteiger partial charge in [-0.1, -0.05) is 37.3 Å². The topological polar surface area (TPSA) is 113 Å². The number of hydrogen-bond acceptors (Lipinski definition) is 6. The predicted octanol–water partition coefficient (Wildman–Crippen LogP) is 5.06. The Hall–Kier alpha value is -2.53. The number of amides is 1. The minimum atomic E-state index is -4.21. The van der Waals surface area contributed by atoms with E-state index in [1.165, 1.54) is 28.6 Å². The molecule has 4 rings (SSSR count). The maximum Gasteiger partial charge on any atom is 0.289 e. The maximum atomic E-state index is 14.2. The molecule has 2 atom stereocenters. The highest BCUT2D eigenvalue weighted by Crippen LogP contribution is 2.43. The van der Waals surface area contributed by atoms with Gasteiger partial charge < -0.3 is 10.2 Å². The molecule has 1 saturated heterocycles. The van der Waals surface area contributed by atoms with Crippen LogP contribution in [0.4, 0.5) is 11.4 Å². The number of nitro benzene ring substituents is 1. The highest BCUT2D eigenvalue weighted by molar-refractivity contribution is 7.89. The summed E-state index contributed by atoms with van der Waals surface area (Å²) >= 11 is 0. The summed E-state index contributed by atoms with van der Waals surface area (Å²) in [6, 6.07) is 12.2. The lowest BCUT2D eigenvalue weighted by Gasteiger charge is -2.43. The number of carbonyl (C=O) groups excluding carboxylic acids is 1. The number of para-hydroxylation sites is 2. The van der Waals surface area contributed by atoms with Crippen molar-refractivity contribution in [3.8, 4) is 0 Å². The quantitative estimate of drug-likeness (QED) is 0.336. The summed E-state index contributed by atoms with van der Waals surface area (Å²) in [7, 11) is -4.21. The summed E-state index contributed by atoms with van der Waals surface area (Å²) in [5, 5.41) is 15.1. The van der Waals surface area contributed by atoms with Crippen molar-refractivity contribution in [2.75, 3.05) is 24.5 Å². The fraction of sp³-hybridized carbons (Fsp3) is 0.519. The summed E-state index contributed by atoms with van der Waals surface area (Å²) in [5.41, 5.74) is 1.04. The number of piperidine rings is 1. The first kappa shape index (κ1) is 30.0. The first-order chi connectivity index (χ1) is 17.8. The van der Waals surface area contributed by atoms with Crippen LogP contribution >= 0.6 is 12.4 Å². The van der Waals surface area contributed by atoms with Gasteiger partial charge in [-0.15, -0.1) is 12.4 Å². The standard InChI is InChI=1S/C27H36N4O5S.ClH/c1-3-27(32)30-20(2)19-25(22-10-4-5-11-23(22)30)29(18-8-9-21-14-16-28-17-15-21)37(35,36)26-13-7-6-12-24(26)31(33)34;/h4-7,10-13,20-21,25,28H,3,8-9,14-19H2,1-2H3;1H/t20-,25+;/m0./s1. The SMILES string of the molecule is CCC(=O)N1c2ccccc2[C@H](N(CCCC2CCNCC2)S(=O)(=O)c2ccccc2[N+](=O)[O-])C[C@@H]1C.Cl. The predicted molar refractivity (Wildman–Crippen MR) is 150 cm³/mol. The highest BCUT2D eigenvalue weighted by Gasteiger charge is 2.42. The van der Waals surface area contributed by atoms with Crippen LogP contribution in [-0.2, 0) is 14.8 Å². The molecule has 1 N–H and O–H groups in total. The zero-order valence-corrected chi connectivity index (χ0v) is 23.5. The lowest BCUT2D eigenvalue weighted by Crippen LogP contribution is -2.47. The Labute approximate surface area is 231 Å². The van der Waals surface area contributed by atoms with Gasteiger partial charge in [0.2, 0.25) is 15.9 Å². The molecule has 2 aromatic rings. The number of halogens is 1. The molecule has 9 nitrogen and oxygen atoms in total. The fourth-order valence-electron chi connectivity index (χ4n) is 5.71. The van der Waals surface area contributed by atoms with Crippen molar-refractivity contribution in [1.82, 2.24) is 9.62 Å². The van der Waals surface area contributed by atoms with Crippen molar-refractivity contribution in [3.63, 3.8) is 0 Å². The molecule has 0 aliphatic carbocycles. The van der Waals surface area contributed by atoms with Gasteiger partial charge in [0.1, 0.15) is 0 Å². The lowest BCUT2D eigenvalue weighted by atomic mass is 9.90. The molecule has 2 aromatic carbocycles. The molecule has 0 radical (unpaired) electrons. The Morgan fingerprint density at radius 1 is 1.13 bits per heavy atom. The van der Waals surface area contributed by atoms with Crippen LogP contribution in [0, 0.1) is 16.0 Å². The number of anilines is 1. The first-order valence-corrected chi connectivity index (χ1v) is 14.6. The number of benzene rings is 2. The second-order valence-electron chi connectivity index (χ2n) is 9.95. The number of nitrogens with one attached hydrogen (secondary N) is 1. The summed E-state index contributed by atoms with van der Waals surface area (Å²) in [4.78, 5) is 25.4. The third-order valence-electron chi connectivity index (χ3n) is 7.58. The van der Waals surface area contributed by atoms with Crippen molar-refractivity contribution in [2.24, 2.45) is 5.92 Å². The molecule has 2 aliphatic heterocycles. The zero-order valence-electron chi connectivity index (χ0n) is 21.9. The van der Waals surface area contributed by atoms with Gasteiger partial charge in [-0.05, 0) is 75.7 Å². The minimum absolute atomic E-state index is 0. The van der Waals surface area contributed by atoms with Gasteiger partial charge in [0.15, 0.2) is 4.90 Å². The molecular formula is C27H37ClN4O5S. The Balaban J connectivity index is 0.00000400. The van der Waals surface area contributed by atoms with Crippen molar-refractivity contribution >= 4 is 39.7 Å². The van der Waals surface area contributed by atoms with E-state index in [2.05, 4.69) is 5.32 Å². The Morgan fingerprint density at radius 2 is 1.79 bits per heavy atom. The van der Waals surface area contributed by atoms with Crippen LogP contribution in [-0.4, -0.2) is 49.2 Å². The minimum Gasteiger partial charge on any atom is -0.317 e. The van der Waals surface area contributed by atoms with Crippen LogP contribution in [0.25, 0.3) is 0 Å². The molecule has 1 fully saturated rings. The molecule has 0 unspecified atom stereocenters. The third kappa shape index (κ3) is 6.20. The van der Waals surface area contributed by atoms with E-state index in [0.717, 1.165) is 37.9 Å². The van der Waals surface area contributed by atoms with Gasteiger partial charge in [-0.2, -0.15) is 4.31 Å². The highest BCUT2D eigenvalue weighted by atomic mass is 35.5. The monoisotopic (exact) mass is 564 g/mol. The van der Waals surface area contributed by atoms with Crippen LogP contribution in [0.1, 0.15) is 64.0 Å². The maximum absolute atomic E-state index is 14.2. The summed E-state index contributed by atoms with van der Waals surface area (Å²) < 4.78 is 29.8. The Bertz CT molecular complexity index is 1240. The number of carbonyl (C=O) groups is 1. The van der Waals surface area contributed by atoms with Gasteiger partial charge in [0, 0.05) is 30.8 Å². The Morgan fingerprint density at radius 3 is 2.47 bits per heavy atom. The van der Waals surface area contributed by atoms with E-state index in [1.807, 2.05) is 38.1 Å². The summed E-state index contributed by atoms with van der Waals surface area (Å²) in [5.74, 6) is 0.518. The van der Waals surface area contributed by atoms with Crippen LogP contribution < -0.4 is 10.2 Å². The molecule has 11 heteroatoms. The molecule has 208 valence electrons. The molecule has 2 heterocycles. The Kier molecular flexibility index (Phi) is 10.3. The molecule has 0 saturated carbocycles. The fourth-order valence-corrected chi connectivity index (χ4v) is 7.52. The van der Waals surface area contributed by atoms with Crippen molar-refractivity contribution < 1.29 is 18.1 Å². The lowest BCUT2D eigenvalue weighted by molar-refractivity contribution is -0.387. The average Bonchev–Trinajstić information content (AvgIpc) is 2.91. The zero-order chi connectivity index (χ0) is 26.6. The average molecular weight is 565 g/mol. The number of rotatable bonds is 9. The van der Waals surface area contributed by atoms with E-state index in [4.69, 9.17) is 0 Å². The van der Waals surface area contributed by atoms with Crippen LogP contribution in [0.2, 0.25) is 0 Å². The number of hydrogen-bond donors (Lipinski definition) is 1. The van der Waals surface area contributed by atoms with Gasteiger partial charge >= 0.3 is 0 Å². The van der Waals surface area contributed by atoms with Crippen molar-refractivity contribution in [1.29, 1.82) is 0 Å². The molecular weight excluding hydrogens is 528 g/mol. The molecule has 2 aliphatic rings. The van der Waals surface area contributed by atoms with E-state index < -0.39 is 26.7 Å². The van der Waals surface area contributed by atoms with Gasteiger partial charge in [0.05, 0.1) is 11.0 Å². The largest absolute Gasteiger partial charge is 0.317 e. The molecule has 38 heavy (non-hydrogen) atoms. The first-order valence-electron chi connectivity index (χ1n) is 13.1. The van der Waals surface area contributed by atoms with Crippen molar-refractivity contribution in [2.45, 2.75) is 69.4 Å². The van der Waals surface area contributed by atoms with E-state index in [0.29, 0.717) is 30.9 Å². The molecule has 1 amide bonds. The second kappa shape index (κ2) is 13.0. The van der Waals surface area contributed by atoms with Crippen LogP contribution in [0.15, 0.2) is 53.4 Å². The van der Waals surface area contributed by atoms with E-state index in [-0.39, 0.29) is 35.8 Å². The summed E-state index contributed by atoms with van der Waals surface area (Å²) in [6.45, 7) is 5.94. The van der Waals surface area contributed by atoms with E-state index in [9.17, 15) is 23.3 Å². The second-order valence-corrected chi connectivity index (χ2v) is 11.8. The smallest absolute Gasteiger partial charge is 0.289 e. The number of nitrogens with zero attached hydrogens (tertiary/aromatic N) is 3. The van der Waals surface area contributed by atoms with Gasteiger partial charge in [-0.3, -0.25) is 14.9 Å². The normalized spacial score (nSPS) is 20.0. The summed E-state index contributed by atoms with van der Waals surface area (Å²) in [6.07, 6.45) is 4.44. The molecule has 0 bridgehead atoms. The van der Waals surface area contributed by atoms with Gasteiger partial charge in [-0.25, -0.2) is 8.42 Å². The van der Waals surface area contributed by atoms with E-state index >= 15 is 0 Å². The van der Waals surface area contributed by atoms with Gasteiger partial charge in [0.25, 0.3) is 5.69 Å². The van der Waals surface area contributed by atoms with Crippen LogP contribution in [0.3, 0.4) is 0 Å². The number of fused-ring (bicyclic) bond motifs is 1. The molecule has 0 aromatic heterocycles. The number of nitro groups is 1. The third-order valence-corrected chi connectivity index (χ3v) is 9.53. The van der Waals surface area contributed by atoms with E-state index in [1.54, 1.807) is 4.90 Å². The van der Waals surface area contributed by atoms with Crippen molar-refractivity contribution in [3.05, 3.63) is 64.2 Å². The number of sulfonamides is 1. The molecule has 0 spiro atoms.